The molecule has 1 heterocycles. The minimum Gasteiger partial charge on any atom is -0.369 e. The van der Waals surface area contributed by atoms with Gasteiger partial charge in [0.1, 0.15) is 5.78 Å². The van der Waals surface area contributed by atoms with Gasteiger partial charge in [0.25, 0.3) is 0 Å². The largest absolute Gasteiger partial charge is 0.369 e. The normalized spacial score (nSPS) is 23.8. The molecule has 1 aromatic rings. The average molecular weight is 341 g/mol. The van der Waals surface area contributed by atoms with Crippen LogP contribution in [0, 0.1) is 5.41 Å². The molecule has 4 rings (SSSR count). The van der Waals surface area contributed by atoms with Gasteiger partial charge in [-0.2, -0.15) is 0 Å². The van der Waals surface area contributed by atoms with E-state index in [0.29, 0.717) is 18.7 Å². The molecule has 0 bridgehead atoms. The van der Waals surface area contributed by atoms with Gasteiger partial charge in [-0.1, -0.05) is 25.1 Å². The molecule has 0 aromatic heterocycles. The molecule has 3 fully saturated rings. The van der Waals surface area contributed by atoms with Crippen molar-refractivity contribution in [2.75, 3.05) is 37.6 Å². The summed E-state index contributed by atoms with van der Waals surface area (Å²) >= 11 is 0. The molecule has 3 heteroatoms. The van der Waals surface area contributed by atoms with E-state index in [1.165, 1.54) is 44.2 Å². The van der Waals surface area contributed by atoms with Gasteiger partial charge in [-0.05, 0) is 61.5 Å². The predicted molar refractivity (Wildman–Crippen MR) is 103 cm³/mol. The lowest BCUT2D eigenvalue weighted by molar-refractivity contribution is -0.119. The highest BCUT2D eigenvalue weighted by Gasteiger charge is 2.45. The zero-order valence-corrected chi connectivity index (χ0v) is 15.7. The Hall–Kier alpha value is -1.35. The van der Waals surface area contributed by atoms with Crippen molar-refractivity contribution in [2.45, 2.75) is 57.8 Å². The summed E-state index contributed by atoms with van der Waals surface area (Å²) in [5.74, 6) is 1.12. The fraction of sp³-hybridized carbons (Fsp3) is 0.682. The number of ketones is 1. The smallest absolute Gasteiger partial charge is 0.146 e. The molecule has 3 nitrogen and oxygen atoms in total. The summed E-state index contributed by atoms with van der Waals surface area (Å²) in [4.78, 5) is 16.6. The van der Waals surface area contributed by atoms with Crippen LogP contribution in [0.15, 0.2) is 24.3 Å². The van der Waals surface area contributed by atoms with Crippen molar-refractivity contribution < 1.29 is 4.79 Å². The number of Topliss-reactive ketones (excluding diaryl/α,β-unsaturated/α-hetero) is 1. The standard InChI is InChI=1S/C22H32N2O/c1-2-19(25)17-23-13-15-24(16-14-23)21-6-4-3-5-20(21)18-7-9-22(10-8-18)11-12-22/h3-6,18H,2,7-17H2,1H3. The Kier molecular flexibility index (Phi) is 4.86. The van der Waals surface area contributed by atoms with Crippen LogP contribution in [-0.4, -0.2) is 43.4 Å². The number of hydrogen-bond acceptors (Lipinski definition) is 3. The average Bonchev–Trinajstić information content (AvgIpc) is 3.42. The first-order chi connectivity index (χ1) is 12.2. The molecule has 3 aliphatic rings. The highest BCUT2D eigenvalue weighted by Crippen LogP contribution is 2.59. The van der Waals surface area contributed by atoms with Gasteiger partial charge in [-0.25, -0.2) is 0 Å². The number of para-hydroxylation sites is 1. The molecule has 1 aromatic carbocycles. The highest BCUT2D eigenvalue weighted by molar-refractivity contribution is 5.80. The van der Waals surface area contributed by atoms with E-state index in [1.807, 2.05) is 6.92 Å². The van der Waals surface area contributed by atoms with Gasteiger partial charge in [0.15, 0.2) is 0 Å². The van der Waals surface area contributed by atoms with E-state index in [4.69, 9.17) is 0 Å². The van der Waals surface area contributed by atoms with Gasteiger partial charge in [-0.3, -0.25) is 9.69 Å². The van der Waals surface area contributed by atoms with Crippen LogP contribution in [-0.2, 0) is 4.79 Å². The molecule has 0 atom stereocenters. The summed E-state index contributed by atoms with van der Waals surface area (Å²) in [6.45, 7) is 6.71. The van der Waals surface area contributed by atoms with Crippen molar-refractivity contribution in [1.29, 1.82) is 0 Å². The summed E-state index contributed by atoms with van der Waals surface area (Å²) < 4.78 is 0. The van der Waals surface area contributed by atoms with E-state index in [1.54, 1.807) is 5.56 Å². The molecular formula is C22H32N2O. The van der Waals surface area contributed by atoms with Gasteiger partial charge in [0.2, 0.25) is 0 Å². The van der Waals surface area contributed by atoms with Crippen molar-refractivity contribution >= 4 is 11.5 Å². The van der Waals surface area contributed by atoms with Crippen molar-refractivity contribution in [1.82, 2.24) is 4.90 Å². The molecule has 0 radical (unpaired) electrons. The number of benzene rings is 1. The number of piperazine rings is 1. The lowest BCUT2D eigenvalue weighted by Crippen LogP contribution is -2.48. The van der Waals surface area contributed by atoms with Crippen LogP contribution in [0.2, 0.25) is 0 Å². The van der Waals surface area contributed by atoms with Crippen molar-refractivity contribution in [2.24, 2.45) is 5.41 Å². The Bertz CT molecular complexity index is 604. The second-order valence-corrected chi connectivity index (χ2v) is 8.49. The molecule has 2 saturated carbocycles. The van der Waals surface area contributed by atoms with Crippen LogP contribution >= 0.6 is 0 Å². The maximum absolute atomic E-state index is 11.7. The van der Waals surface area contributed by atoms with E-state index in [-0.39, 0.29) is 0 Å². The maximum atomic E-state index is 11.7. The Morgan fingerprint density at radius 2 is 1.72 bits per heavy atom. The first-order valence-electron chi connectivity index (χ1n) is 10.3. The molecule has 2 aliphatic carbocycles. The summed E-state index contributed by atoms with van der Waals surface area (Å²) in [7, 11) is 0. The Labute approximate surface area is 152 Å². The molecule has 0 N–H and O–H groups in total. The van der Waals surface area contributed by atoms with Crippen LogP contribution in [0.1, 0.15) is 63.4 Å². The van der Waals surface area contributed by atoms with Gasteiger partial charge >= 0.3 is 0 Å². The van der Waals surface area contributed by atoms with Gasteiger partial charge < -0.3 is 4.90 Å². The number of carbonyl (C=O) groups excluding carboxylic acids is 1. The highest BCUT2D eigenvalue weighted by atomic mass is 16.1. The minimum absolute atomic E-state index is 0.366. The predicted octanol–water partition coefficient (Wildman–Crippen LogP) is 4.23. The SMILES string of the molecule is CCC(=O)CN1CCN(c2ccccc2C2CCC3(CC2)CC3)CC1. The first-order valence-corrected chi connectivity index (χ1v) is 10.3. The quantitative estimate of drug-likeness (QED) is 0.801. The topological polar surface area (TPSA) is 23.6 Å². The van der Waals surface area contributed by atoms with Crippen LogP contribution in [0.25, 0.3) is 0 Å². The Morgan fingerprint density at radius 3 is 2.36 bits per heavy atom. The fourth-order valence-electron chi connectivity index (χ4n) is 4.85. The summed E-state index contributed by atoms with van der Waals surface area (Å²) in [6.07, 6.45) is 9.27. The molecule has 1 aliphatic heterocycles. The van der Waals surface area contributed by atoms with Gasteiger partial charge in [0, 0.05) is 38.3 Å². The molecule has 25 heavy (non-hydrogen) atoms. The fourth-order valence-corrected chi connectivity index (χ4v) is 4.85. The van der Waals surface area contributed by atoms with E-state index in [2.05, 4.69) is 34.1 Å². The molecule has 136 valence electrons. The van der Waals surface area contributed by atoms with Crippen LogP contribution in [0.5, 0.6) is 0 Å². The lowest BCUT2D eigenvalue weighted by atomic mass is 9.76. The van der Waals surface area contributed by atoms with Gasteiger partial charge in [0.05, 0.1) is 6.54 Å². The third-order valence-corrected chi connectivity index (χ3v) is 6.89. The summed E-state index contributed by atoms with van der Waals surface area (Å²) in [5, 5.41) is 0. The van der Waals surface area contributed by atoms with Crippen molar-refractivity contribution in [3.63, 3.8) is 0 Å². The van der Waals surface area contributed by atoms with Crippen LogP contribution in [0.4, 0.5) is 5.69 Å². The van der Waals surface area contributed by atoms with E-state index >= 15 is 0 Å². The van der Waals surface area contributed by atoms with Crippen LogP contribution in [0.3, 0.4) is 0 Å². The first kappa shape index (κ1) is 17.1. The van der Waals surface area contributed by atoms with E-state index in [0.717, 1.165) is 37.5 Å². The molecule has 0 amide bonds. The lowest BCUT2D eigenvalue weighted by Gasteiger charge is -2.38. The Morgan fingerprint density at radius 1 is 1.04 bits per heavy atom. The zero-order chi connectivity index (χ0) is 17.3. The second-order valence-electron chi connectivity index (χ2n) is 8.49. The molecule has 0 unspecified atom stereocenters. The van der Waals surface area contributed by atoms with E-state index in [9.17, 15) is 4.79 Å². The Balaban J connectivity index is 1.40. The molecular weight excluding hydrogens is 308 g/mol. The van der Waals surface area contributed by atoms with E-state index < -0.39 is 0 Å². The van der Waals surface area contributed by atoms with Crippen molar-refractivity contribution in [3.8, 4) is 0 Å². The maximum Gasteiger partial charge on any atom is 0.146 e. The number of carbonyl (C=O) groups is 1. The minimum atomic E-state index is 0.366. The monoisotopic (exact) mass is 340 g/mol. The summed E-state index contributed by atoms with van der Waals surface area (Å²) in [6, 6.07) is 9.11. The number of rotatable bonds is 5. The molecule has 1 saturated heterocycles. The van der Waals surface area contributed by atoms with Crippen LogP contribution < -0.4 is 4.90 Å². The number of anilines is 1. The van der Waals surface area contributed by atoms with Crippen molar-refractivity contribution in [3.05, 3.63) is 29.8 Å². The number of hydrogen-bond donors (Lipinski definition) is 0. The van der Waals surface area contributed by atoms with Gasteiger partial charge in [-0.15, -0.1) is 0 Å². The second kappa shape index (κ2) is 7.11. The third-order valence-electron chi connectivity index (χ3n) is 6.89. The third kappa shape index (κ3) is 3.76. The summed E-state index contributed by atoms with van der Waals surface area (Å²) in [5.41, 5.74) is 3.81. The number of nitrogens with zero attached hydrogens (tertiary/aromatic N) is 2. The zero-order valence-electron chi connectivity index (χ0n) is 15.7. The molecule has 1 spiro atoms.